The Labute approximate surface area is 124 Å². The molecule has 0 saturated heterocycles. The van der Waals surface area contributed by atoms with Crippen molar-refractivity contribution in [3.05, 3.63) is 29.8 Å². The summed E-state index contributed by atoms with van der Waals surface area (Å²) in [7, 11) is -2.44. The van der Waals surface area contributed by atoms with Gasteiger partial charge < -0.3 is 9.84 Å². The number of nitrogens with one attached hydrogen (secondary N) is 1. The average Bonchev–Trinajstić information content (AvgIpc) is 2.49. The maximum Gasteiger partial charge on any atom is 0.337 e. The van der Waals surface area contributed by atoms with Crippen LogP contribution in [0, 0.1) is 0 Å². The van der Waals surface area contributed by atoms with Crippen LogP contribution in [0.3, 0.4) is 0 Å². The zero-order chi connectivity index (χ0) is 15.5. The molecule has 116 valence electrons. The van der Waals surface area contributed by atoms with Crippen LogP contribution in [0.4, 0.5) is 0 Å². The van der Waals surface area contributed by atoms with Crippen LogP contribution >= 0.6 is 0 Å². The van der Waals surface area contributed by atoms with E-state index in [-0.39, 0.29) is 10.5 Å². The van der Waals surface area contributed by atoms with E-state index < -0.39 is 28.1 Å². The number of ether oxygens (including phenoxy) is 1. The first-order valence-corrected chi connectivity index (χ1v) is 8.31. The van der Waals surface area contributed by atoms with Crippen molar-refractivity contribution in [2.75, 3.05) is 7.11 Å². The number of sulfonamides is 1. The van der Waals surface area contributed by atoms with Gasteiger partial charge in [0.1, 0.15) is 0 Å². The average molecular weight is 313 g/mol. The van der Waals surface area contributed by atoms with Gasteiger partial charge in [-0.05, 0) is 37.1 Å². The summed E-state index contributed by atoms with van der Waals surface area (Å²) in [5.74, 6) is -0.519. The number of aliphatic hydroxyl groups is 1. The van der Waals surface area contributed by atoms with Gasteiger partial charge in [0.2, 0.25) is 10.0 Å². The lowest BCUT2D eigenvalue weighted by molar-refractivity contribution is 0.0600. The third kappa shape index (κ3) is 3.81. The van der Waals surface area contributed by atoms with Crippen molar-refractivity contribution < 1.29 is 23.1 Å². The first kappa shape index (κ1) is 15.9. The zero-order valence-corrected chi connectivity index (χ0v) is 12.6. The number of carbonyl (C=O) groups excluding carboxylic acids is 1. The fourth-order valence-electron chi connectivity index (χ4n) is 2.40. The minimum atomic E-state index is -3.70. The number of esters is 1. The molecule has 0 aromatic heterocycles. The third-order valence-corrected chi connectivity index (χ3v) is 5.13. The molecule has 7 heteroatoms. The number of benzene rings is 1. The van der Waals surface area contributed by atoms with Gasteiger partial charge in [0, 0.05) is 6.04 Å². The Kier molecular flexibility index (Phi) is 4.97. The maximum absolute atomic E-state index is 12.3. The number of carbonyl (C=O) groups is 1. The lowest BCUT2D eigenvalue weighted by atomic mass is 9.93. The second-order valence-electron chi connectivity index (χ2n) is 5.10. The summed E-state index contributed by atoms with van der Waals surface area (Å²) >= 11 is 0. The van der Waals surface area contributed by atoms with Crippen molar-refractivity contribution in [1.82, 2.24) is 4.72 Å². The Balaban J connectivity index is 2.13. The Bertz CT molecular complexity index is 596. The molecule has 1 fully saturated rings. The fourth-order valence-corrected chi connectivity index (χ4v) is 3.71. The minimum Gasteiger partial charge on any atom is -0.465 e. The molecule has 0 heterocycles. The van der Waals surface area contributed by atoms with Crippen LogP contribution < -0.4 is 4.72 Å². The summed E-state index contributed by atoms with van der Waals surface area (Å²) in [6.45, 7) is 0. The first-order chi connectivity index (χ1) is 9.94. The van der Waals surface area contributed by atoms with E-state index in [2.05, 4.69) is 9.46 Å². The van der Waals surface area contributed by atoms with E-state index >= 15 is 0 Å². The Morgan fingerprint density at radius 3 is 2.43 bits per heavy atom. The second-order valence-corrected chi connectivity index (χ2v) is 6.81. The lowest BCUT2D eigenvalue weighted by Crippen LogP contribution is -2.44. The van der Waals surface area contributed by atoms with E-state index in [1.165, 1.54) is 31.4 Å². The highest BCUT2D eigenvalue weighted by Crippen LogP contribution is 2.21. The van der Waals surface area contributed by atoms with E-state index in [0.717, 1.165) is 12.8 Å². The summed E-state index contributed by atoms with van der Waals surface area (Å²) in [4.78, 5) is 11.4. The molecule has 1 aromatic rings. The predicted molar refractivity (Wildman–Crippen MR) is 76.4 cm³/mol. The van der Waals surface area contributed by atoms with Gasteiger partial charge in [0.05, 0.1) is 23.7 Å². The molecule has 0 aliphatic heterocycles. The van der Waals surface area contributed by atoms with Crippen molar-refractivity contribution in [2.24, 2.45) is 0 Å². The minimum absolute atomic E-state index is 0.0629. The maximum atomic E-state index is 12.3. The van der Waals surface area contributed by atoms with Gasteiger partial charge in [-0.3, -0.25) is 0 Å². The molecule has 0 spiro atoms. The Hall–Kier alpha value is -1.44. The summed E-state index contributed by atoms with van der Waals surface area (Å²) < 4.78 is 31.6. The van der Waals surface area contributed by atoms with Gasteiger partial charge in [0.15, 0.2) is 0 Å². The van der Waals surface area contributed by atoms with E-state index in [9.17, 15) is 18.3 Å². The third-order valence-electron chi connectivity index (χ3n) is 3.62. The Morgan fingerprint density at radius 1 is 1.24 bits per heavy atom. The van der Waals surface area contributed by atoms with E-state index in [0.29, 0.717) is 12.8 Å². The van der Waals surface area contributed by atoms with Gasteiger partial charge in [-0.1, -0.05) is 12.8 Å². The molecule has 0 bridgehead atoms. The standard InChI is InChI=1S/C14H19NO5S/c1-20-14(17)10-6-8-11(9-7-10)21(18,19)15-12-4-2-3-5-13(12)16/h6-9,12-13,15-16H,2-5H2,1H3/t12-,13-/m1/s1. The van der Waals surface area contributed by atoms with E-state index in [1.807, 2.05) is 0 Å². The fraction of sp³-hybridized carbons (Fsp3) is 0.500. The molecule has 1 saturated carbocycles. The van der Waals surface area contributed by atoms with Crippen LogP contribution in [0.25, 0.3) is 0 Å². The van der Waals surface area contributed by atoms with Gasteiger partial charge in [-0.2, -0.15) is 0 Å². The molecule has 0 unspecified atom stereocenters. The quantitative estimate of drug-likeness (QED) is 0.811. The lowest BCUT2D eigenvalue weighted by Gasteiger charge is -2.28. The molecule has 2 rings (SSSR count). The molecule has 1 aromatic carbocycles. The van der Waals surface area contributed by atoms with Crippen LogP contribution in [-0.4, -0.2) is 38.7 Å². The second kappa shape index (κ2) is 6.55. The van der Waals surface area contributed by atoms with Gasteiger partial charge >= 0.3 is 5.97 Å². The van der Waals surface area contributed by atoms with E-state index in [1.54, 1.807) is 0 Å². The highest BCUT2D eigenvalue weighted by molar-refractivity contribution is 7.89. The summed E-state index contributed by atoms with van der Waals surface area (Å²) in [6, 6.07) is 5.05. The topological polar surface area (TPSA) is 92.7 Å². The first-order valence-electron chi connectivity index (χ1n) is 6.83. The molecule has 6 nitrogen and oxygen atoms in total. The van der Waals surface area contributed by atoms with Crippen LogP contribution in [-0.2, 0) is 14.8 Å². The molecule has 2 N–H and O–H groups in total. The molecular formula is C14H19NO5S. The number of hydrogen-bond acceptors (Lipinski definition) is 5. The van der Waals surface area contributed by atoms with Crippen molar-refractivity contribution in [1.29, 1.82) is 0 Å². The van der Waals surface area contributed by atoms with Crippen molar-refractivity contribution in [2.45, 2.75) is 42.7 Å². The highest BCUT2D eigenvalue weighted by Gasteiger charge is 2.28. The SMILES string of the molecule is COC(=O)c1ccc(S(=O)(=O)N[C@@H]2CCCC[C@H]2O)cc1. The van der Waals surface area contributed by atoms with Gasteiger partial charge in [0.25, 0.3) is 0 Å². The molecule has 0 radical (unpaired) electrons. The van der Waals surface area contributed by atoms with Crippen LogP contribution in [0.15, 0.2) is 29.2 Å². The van der Waals surface area contributed by atoms with E-state index in [4.69, 9.17) is 0 Å². The van der Waals surface area contributed by atoms with Crippen molar-refractivity contribution >= 4 is 16.0 Å². The van der Waals surface area contributed by atoms with Crippen LogP contribution in [0.5, 0.6) is 0 Å². The van der Waals surface area contributed by atoms with Crippen molar-refractivity contribution in [3.63, 3.8) is 0 Å². The normalized spacial score (nSPS) is 22.8. The summed E-state index contributed by atoms with van der Waals surface area (Å²) in [5.41, 5.74) is 0.286. The molecule has 2 atom stereocenters. The largest absolute Gasteiger partial charge is 0.465 e. The number of rotatable bonds is 4. The highest BCUT2D eigenvalue weighted by atomic mass is 32.2. The van der Waals surface area contributed by atoms with Crippen molar-refractivity contribution in [3.8, 4) is 0 Å². The molecule has 1 aliphatic carbocycles. The van der Waals surface area contributed by atoms with Gasteiger partial charge in [-0.15, -0.1) is 0 Å². The number of hydrogen-bond donors (Lipinski definition) is 2. The Morgan fingerprint density at radius 2 is 1.86 bits per heavy atom. The molecule has 0 amide bonds. The zero-order valence-electron chi connectivity index (χ0n) is 11.8. The smallest absolute Gasteiger partial charge is 0.337 e. The number of aliphatic hydroxyl groups excluding tert-OH is 1. The summed E-state index contributed by atoms with van der Waals surface area (Å²) in [6.07, 6.45) is 2.39. The summed E-state index contributed by atoms with van der Waals surface area (Å²) in [5, 5.41) is 9.84. The predicted octanol–water partition coefficient (Wildman–Crippen LogP) is 1.05. The van der Waals surface area contributed by atoms with Gasteiger partial charge in [-0.25, -0.2) is 17.9 Å². The van der Waals surface area contributed by atoms with Crippen LogP contribution in [0.2, 0.25) is 0 Å². The monoisotopic (exact) mass is 313 g/mol. The molecule has 21 heavy (non-hydrogen) atoms. The molecular weight excluding hydrogens is 294 g/mol. The molecule has 1 aliphatic rings. The number of methoxy groups -OCH3 is 1. The van der Waals surface area contributed by atoms with Crippen LogP contribution in [0.1, 0.15) is 36.0 Å².